The number of amides is 2. The standard InChI is InChI=1S/C14H22N4O3/c1-9(2)18-8-11(7-15-18)17-14(20)13(19)16-10(3)12-5-4-6-21-12/h7-10,12H,4-6H2,1-3H3,(H,16,19)(H,17,20)/t10-,12+/m0/s1. The van der Waals surface area contributed by atoms with E-state index < -0.39 is 11.8 Å². The third-order valence-electron chi connectivity index (χ3n) is 3.48. The van der Waals surface area contributed by atoms with Gasteiger partial charge >= 0.3 is 11.8 Å². The normalized spacial score (nSPS) is 19.5. The maximum Gasteiger partial charge on any atom is 0.313 e. The molecule has 1 aliphatic rings. The summed E-state index contributed by atoms with van der Waals surface area (Å²) < 4.78 is 7.19. The number of anilines is 1. The van der Waals surface area contributed by atoms with E-state index in [2.05, 4.69) is 15.7 Å². The van der Waals surface area contributed by atoms with Gasteiger partial charge in [0.05, 0.1) is 24.0 Å². The quantitative estimate of drug-likeness (QED) is 0.814. The zero-order valence-electron chi connectivity index (χ0n) is 12.6. The van der Waals surface area contributed by atoms with Crippen molar-refractivity contribution < 1.29 is 14.3 Å². The Balaban J connectivity index is 1.85. The minimum Gasteiger partial charge on any atom is -0.376 e. The SMILES string of the molecule is CC(C)n1cc(NC(=O)C(=O)N[C@@H](C)[C@H]2CCCO2)cn1. The van der Waals surface area contributed by atoms with E-state index in [1.807, 2.05) is 20.8 Å². The molecule has 1 aliphatic heterocycles. The average molecular weight is 294 g/mol. The summed E-state index contributed by atoms with van der Waals surface area (Å²) in [5.41, 5.74) is 0.508. The van der Waals surface area contributed by atoms with Crippen LogP contribution in [0.5, 0.6) is 0 Å². The van der Waals surface area contributed by atoms with Gasteiger partial charge in [0, 0.05) is 18.8 Å². The Morgan fingerprint density at radius 2 is 2.14 bits per heavy atom. The van der Waals surface area contributed by atoms with E-state index in [9.17, 15) is 9.59 Å². The Labute approximate surface area is 124 Å². The number of hydrogen-bond donors (Lipinski definition) is 2. The zero-order valence-corrected chi connectivity index (χ0v) is 12.6. The maximum absolute atomic E-state index is 11.8. The second-order valence-corrected chi connectivity index (χ2v) is 5.57. The van der Waals surface area contributed by atoms with Crippen LogP contribution in [-0.4, -0.2) is 40.3 Å². The van der Waals surface area contributed by atoms with E-state index >= 15 is 0 Å². The maximum atomic E-state index is 11.8. The summed E-state index contributed by atoms with van der Waals surface area (Å²) in [7, 11) is 0. The van der Waals surface area contributed by atoms with Gasteiger partial charge in [0.15, 0.2) is 0 Å². The Hall–Kier alpha value is -1.89. The van der Waals surface area contributed by atoms with Gasteiger partial charge in [-0.05, 0) is 33.6 Å². The van der Waals surface area contributed by atoms with Gasteiger partial charge < -0.3 is 15.4 Å². The minimum absolute atomic E-state index is 0.00885. The Kier molecular flexibility index (Phi) is 4.95. The molecule has 2 N–H and O–H groups in total. The second kappa shape index (κ2) is 6.71. The number of nitrogens with zero attached hydrogens (tertiary/aromatic N) is 2. The van der Waals surface area contributed by atoms with Crippen LogP contribution in [0.25, 0.3) is 0 Å². The molecule has 116 valence electrons. The fraction of sp³-hybridized carbons (Fsp3) is 0.643. The van der Waals surface area contributed by atoms with E-state index in [0.29, 0.717) is 12.3 Å². The summed E-state index contributed by atoms with van der Waals surface area (Å²) >= 11 is 0. The van der Waals surface area contributed by atoms with Gasteiger partial charge in [-0.1, -0.05) is 0 Å². The lowest BCUT2D eigenvalue weighted by molar-refractivity contribution is -0.137. The zero-order chi connectivity index (χ0) is 15.4. The fourth-order valence-corrected chi connectivity index (χ4v) is 2.24. The van der Waals surface area contributed by atoms with Gasteiger partial charge in [-0.25, -0.2) is 0 Å². The molecule has 0 aromatic carbocycles. The molecule has 2 heterocycles. The number of aromatic nitrogens is 2. The van der Waals surface area contributed by atoms with E-state index in [0.717, 1.165) is 12.8 Å². The van der Waals surface area contributed by atoms with Crippen molar-refractivity contribution in [1.29, 1.82) is 0 Å². The highest BCUT2D eigenvalue weighted by molar-refractivity contribution is 6.39. The number of nitrogens with one attached hydrogen (secondary N) is 2. The summed E-state index contributed by atoms with van der Waals surface area (Å²) in [6.45, 7) is 6.52. The summed E-state index contributed by atoms with van der Waals surface area (Å²) in [4.78, 5) is 23.7. The van der Waals surface area contributed by atoms with Crippen molar-refractivity contribution in [3.8, 4) is 0 Å². The number of hydrogen-bond acceptors (Lipinski definition) is 4. The van der Waals surface area contributed by atoms with E-state index in [4.69, 9.17) is 4.74 Å². The first-order valence-electron chi connectivity index (χ1n) is 7.25. The van der Waals surface area contributed by atoms with Crippen LogP contribution in [-0.2, 0) is 14.3 Å². The predicted octanol–water partition coefficient (Wildman–Crippen LogP) is 1.09. The van der Waals surface area contributed by atoms with E-state index in [-0.39, 0.29) is 18.2 Å². The largest absolute Gasteiger partial charge is 0.376 e. The first-order chi connectivity index (χ1) is 9.97. The summed E-state index contributed by atoms with van der Waals surface area (Å²) in [5.74, 6) is -1.35. The highest BCUT2D eigenvalue weighted by atomic mass is 16.5. The molecule has 0 saturated carbocycles. The van der Waals surface area contributed by atoms with Crippen LogP contribution >= 0.6 is 0 Å². The lowest BCUT2D eigenvalue weighted by atomic mass is 10.1. The Bertz CT molecular complexity index is 506. The third-order valence-corrected chi connectivity index (χ3v) is 3.48. The minimum atomic E-state index is -0.692. The molecule has 1 aromatic rings. The average Bonchev–Trinajstić information content (AvgIpc) is 3.09. The molecule has 0 bridgehead atoms. The number of ether oxygens (including phenoxy) is 1. The fourth-order valence-electron chi connectivity index (χ4n) is 2.24. The van der Waals surface area contributed by atoms with Crippen LogP contribution in [0, 0.1) is 0 Å². The molecule has 2 rings (SSSR count). The Morgan fingerprint density at radius 1 is 1.38 bits per heavy atom. The van der Waals surface area contributed by atoms with Crippen LogP contribution in [0.1, 0.15) is 39.7 Å². The first-order valence-corrected chi connectivity index (χ1v) is 7.25. The smallest absolute Gasteiger partial charge is 0.313 e. The molecular formula is C14H22N4O3. The summed E-state index contributed by atoms with van der Waals surface area (Å²) in [6, 6.07) is 0.0214. The van der Waals surface area contributed by atoms with Crippen molar-refractivity contribution in [3.63, 3.8) is 0 Å². The molecule has 2 atom stereocenters. The molecule has 0 radical (unpaired) electrons. The van der Waals surface area contributed by atoms with E-state index in [1.165, 1.54) is 6.20 Å². The van der Waals surface area contributed by atoms with Crippen LogP contribution in [0.3, 0.4) is 0 Å². The van der Waals surface area contributed by atoms with Crippen molar-refractivity contribution in [2.45, 2.75) is 51.8 Å². The molecule has 1 saturated heterocycles. The molecule has 2 amide bonds. The lowest BCUT2D eigenvalue weighted by Gasteiger charge is -2.19. The van der Waals surface area contributed by atoms with Gasteiger partial charge in [0.25, 0.3) is 0 Å². The van der Waals surface area contributed by atoms with Crippen molar-refractivity contribution in [3.05, 3.63) is 12.4 Å². The molecule has 7 nitrogen and oxygen atoms in total. The van der Waals surface area contributed by atoms with Gasteiger partial charge in [-0.15, -0.1) is 0 Å². The molecule has 0 aliphatic carbocycles. The number of rotatable bonds is 4. The van der Waals surface area contributed by atoms with Crippen molar-refractivity contribution in [2.75, 3.05) is 11.9 Å². The van der Waals surface area contributed by atoms with Crippen LogP contribution in [0.2, 0.25) is 0 Å². The van der Waals surface area contributed by atoms with Crippen LogP contribution in [0.4, 0.5) is 5.69 Å². The van der Waals surface area contributed by atoms with Crippen LogP contribution < -0.4 is 10.6 Å². The molecule has 7 heteroatoms. The lowest BCUT2D eigenvalue weighted by Crippen LogP contribution is -2.45. The highest BCUT2D eigenvalue weighted by Gasteiger charge is 2.25. The van der Waals surface area contributed by atoms with Gasteiger partial charge in [0.2, 0.25) is 0 Å². The van der Waals surface area contributed by atoms with E-state index in [1.54, 1.807) is 10.9 Å². The molecule has 0 unspecified atom stereocenters. The van der Waals surface area contributed by atoms with Crippen molar-refractivity contribution in [1.82, 2.24) is 15.1 Å². The molecule has 0 spiro atoms. The highest BCUT2D eigenvalue weighted by Crippen LogP contribution is 2.15. The summed E-state index contributed by atoms with van der Waals surface area (Å²) in [6.07, 6.45) is 5.11. The molecule has 1 aromatic heterocycles. The second-order valence-electron chi connectivity index (χ2n) is 5.57. The number of carbonyl (C=O) groups excluding carboxylic acids is 2. The molecular weight excluding hydrogens is 272 g/mol. The first kappa shape index (κ1) is 15.5. The molecule has 21 heavy (non-hydrogen) atoms. The predicted molar refractivity (Wildman–Crippen MR) is 77.8 cm³/mol. The third kappa shape index (κ3) is 4.04. The monoisotopic (exact) mass is 294 g/mol. The van der Waals surface area contributed by atoms with Gasteiger partial charge in [0.1, 0.15) is 0 Å². The topological polar surface area (TPSA) is 85.2 Å². The summed E-state index contributed by atoms with van der Waals surface area (Å²) in [5, 5.41) is 9.31. The Morgan fingerprint density at radius 3 is 2.71 bits per heavy atom. The van der Waals surface area contributed by atoms with Gasteiger partial charge in [-0.3, -0.25) is 14.3 Å². The van der Waals surface area contributed by atoms with Crippen molar-refractivity contribution in [2.24, 2.45) is 0 Å². The van der Waals surface area contributed by atoms with Crippen molar-refractivity contribution >= 4 is 17.5 Å². The van der Waals surface area contributed by atoms with Crippen LogP contribution in [0.15, 0.2) is 12.4 Å². The van der Waals surface area contributed by atoms with Gasteiger partial charge in [-0.2, -0.15) is 5.10 Å². The number of carbonyl (C=O) groups is 2. The molecule has 1 fully saturated rings.